The van der Waals surface area contributed by atoms with Gasteiger partial charge in [0.05, 0.1) is 0 Å². The summed E-state index contributed by atoms with van der Waals surface area (Å²) in [6.07, 6.45) is 1.11. The molecule has 0 aliphatic carbocycles. The molecule has 0 fully saturated rings. The smallest absolute Gasteiger partial charge is 0.261 e. The summed E-state index contributed by atoms with van der Waals surface area (Å²) < 4.78 is 19.6. The highest BCUT2D eigenvalue weighted by molar-refractivity contribution is 5.88. The molecule has 0 aromatic heterocycles. The van der Waals surface area contributed by atoms with Crippen LogP contribution in [0.2, 0.25) is 0 Å². The summed E-state index contributed by atoms with van der Waals surface area (Å²) in [6, 6.07) is 22.5. The first kappa shape index (κ1) is 27.9. The highest BCUT2D eigenvalue weighted by Gasteiger charge is 2.31. The van der Waals surface area contributed by atoms with Crippen molar-refractivity contribution in [3.63, 3.8) is 0 Å². The van der Waals surface area contributed by atoms with Crippen molar-refractivity contribution in [2.75, 3.05) is 6.61 Å². The molecule has 3 aromatic carbocycles. The number of nitrogens with zero attached hydrogens (tertiary/aromatic N) is 1. The maximum Gasteiger partial charge on any atom is 0.261 e. The molecule has 2 amide bonds. The van der Waals surface area contributed by atoms with Gasteiger partial charge in [-0.2, -0.15) is 0 Å². The third-order valence-electron chi connectivity index (χ3n) is 6.43. The number of benzene rings is 3. The van der Waals surface area contributed by atoms with Gasteiger partial charge >= 0.3 is 0 Å². The molecule has 2 atom stereocenters. The Balaban J connectivity index is 1.93. The minimum atomic E-state index is -0.766. The predicted molar refractivity (Wildman–Crippen MR) is 145 cm³/mol. The van der Waals surface area contributed by atoms with Crippen LogP contribution in [0.1, 0.15) is 56.7 Å². The number of amides is 2. The predicted octanol–water partition coefficient (Wildman–Crippen LogP) is 5.88. The Bertz CT molecular complexity index is 1150. The Labute approximate surface area is 219 Å². The molecule has 1 N–H and O–H groups in total. The van der Waals surface area contributed by atoms with E-state index in [2.05, 4.69) is 19.2 Å². The number of rotatable bonds is 12. The first-order valence-electron chi connectivity index (χ1n) is 12.9. The average Bonchev–Trinajstić information content (AvgIpc) is 2.90. The monoisotopic (exact) mass is 504 g/mol. The summed E-state index contributed by atoms with van der Waals surface area (Å²) >= 11 is 0. The van der Waals surface area contributed by atoms with Crippen molar-refractivity contribution in [2.24, 2.45) is 0 Å². The number of hydrogen-bond acceptors (Lipinski definition) is 3. The Hall–Kier alpha value is -3.67. The summed E-state index contributed by atoms with van der Waals surface area (Å²) in [5, 5.41) is 3.04. The quantitative estimate of drug-likeness (QED) is 0.335. The molecule has 0 aliphatic rings. The molecule has 5 nitrogen and oxygen atoms in total. The first-order valence-corrected chi connectivity index (χ1v) is 12.9. The van der Waals surface area contributed by atoms with E-state index in [0.717, 1.165) is 23.1 Å². The van der Waals surface area contributed by atoms with E-state index < -0.39 is 6.04 Å². The molecule has 0 spiro atoms. The SMILES string of the molecule is CCC(C)NC(=O)C(Cc1ccccc1)N(Cc1ccc(F)cc1)C(=O)COc1ccccc1C(C)C. The van der Waals surface area contributed by atoms with Gasteiger partial charge < -0.3 is 15.0 Å². The van der Waals surface area contributed by atoms with E-state index >= 15 is 0 Å². The van der Waals surface area contributed by atoms with Crippen LogP contribution >= 0.6 is 0 Å². The lowest BCUT2D eigenvalue weighted by atomic mass is 10.0. The summed E-state index contributed by atoms with van der Waals surface area (Å²) in [4.78, 5) is 28.8. The molecule has 0 bridgehead atoms. The van der Waals surface area contributed by atoms with Crippen LogP contribution in [0.15, 0.2) is 78.9 Å². The van der Waals surface area contributed by atoms with Crippen LogP contribution in [0.25, 0.3) is 0 Å². The zero-order chi connectivity index (χ0) is 26.8. The second kappa shape index (κ2) is 13.6. The second-order valence-electron chi connectivity index (χ2n) is 9.65. The number of halogens is 1. The molecule has 6 heteroatoms. The standard InChI is InChI=1S/C31H37FN2O3/c1-5-23(4)33-31(36)28(19-24-11-7-6-8-12-24)34(20-25-15-17-26(32)18-16-25)30(35)21-37-29-14-10-9-13-27(29)22(2)3/h6-18,22-23,28H,5,19-21H2,1-4H3,(H,33,36). The Morgan fingerprint density at radius 2 is 1.54 bits per heavy atom. The van der Waals surface area contributed by atoms with Crippen molar-refractivity contribution in [3.8, 4) is 5.75 Å². The van der Waals surface area contributed by atoms with Crippen molar-refractivity contribution >= 4 is 11.8 Å². The zero-order valence-electron chi connectivity index (χ0n) is 22.1. The first-order chi connectivity index (χ1) is 17.8. The molecule has 3 aromatic rings. The fourth-order valence-corrected chi connectivity index (χ4v) is 4.09. The van der Waals surface area contributed by atoms with Crippen LogP contribution in [-0.2, 0) is 22.6 Å². The third-order valence-corrected chi connectivity index (χ3v) is 6.43. The molecule has 0 radical (unpaired) electrons. The lowest BCUT2D eigenvalue weighted by Crippen LogP contribution is -2.53. The van der Waals surface area contributed by atoms with E-state index in [1.54, 1.807) is 17.0 Å². The summed E-state index contributed by atoms with van der Waals surface area (Å²) in [5.74, 6) is -0.0185. The largest absolute Gasteiger partial charge is 0.483 e. The van der Waals surface area contributed by atoms with Gasteiger partial charge in [-0.05, 0) is 54.2 Å². The topological polar surface area (TPSA) is 58.6 Å². The maximum absolute atomic E-state index is 13.7. The number of carbonyl (C=O) groups is 2. The van der Waals surface area contributed by atoms with Gasteiger partial charge in [0, 0.05) is 19.0 Å². The third kappa shape index (κ3) is 8.17. The van der Waals surface area contributed by atoms with Gasteiger partial charge in [0.2, 0.25) is 5.91 Å². The van der Waals surface area contributed by atoms with Gasteiger partial charge in [0.1, 0.15) is 17.6 Å². The molecule has 0 aliphatic heterocycles. The van der Waals surface area contributed by atoms with E-state index in [-0.39, 0.29) is 42.7 Å². The van der Waals surface area contributed by atoms with E-state index in [1.165, 1.54) is 12.1 Å². The van der Waals surface area contributed by atoms with Crippen LogP contribution in [0.3, 0.4) is 0 Å². The van der Waals surface area contributed by atoms with E-state index in [4.69, 9.17) is 4.74 Å². The number of carbonyl (C=O) groups excluding carboxylic acids is 2. The molecular formula is C31H37FN2O3. The summed E-state index contributed by atoms with van der Waals surface area (Å²) in [6.45, 7) is 8.01. The fourth-order valence-electron chi connectivity index (χ4n) is 4.09. The molecule has 0 saturated heterocycles. The van der Waals surface area contributed by atoms with Crippen LogP contribution in [-0.4, -0.2) is 35.4 Å². The molecule has 37 heavy (non-hydrogen) atoms. The van der Waals surface area contributed by atoms with Gasteiger partial charge in [0.25, 0.3) is 5.91 Å². The minimum absolute atomic E-state index is 0.0392. The maximum atomic E-state index is 13.7. The van der Waals surface area contributed by atoms with Crippen molar-refractivity contribution in [3.05, 3.63) is 101 Å². The molecule has 0 saturated carbocycles. The number of nitrogens with one attached hydrogen (secondary N) is 1. The van der Waals surface area contributed by atoms with E-state index in [9.17, 15) is 14.0 Å². The molecule has 3 rings (SSSR count). The summed E-state index contributed by atoms with van der Waals surface area (Å²) in [5.41, 5.74) is 2.68. The Kier molecular flexibility index (Phi) is 10.2. The second-order valence-corrected chi connectivity index (χ2v) is 9.65. The van der Waals surface area contributed by atoms with E-state index in [1.807, 2.05) is 68.4 Å². The van der Waals surface area contributed by atoms with Crippen molar-refractivity contribution in [1.29, 1.82) is 0 Å². The number of ether oxygens (including phenoxy) is 1. The number of para-hydroxylation sites is 1. The van der Waals surface area contributed by atoms with Gasteiger partial charge in [-0.1, -0.05) is 81.4 Å². The zero-order valence-corrected chi connectivity index (χ0v) is 22.1. The molecule has 0 heterocycles. The van der Waals surface area contributed by atoms with Gasteiger partial charge in [-0.15, -0.1) is 0 Å². The average molecular weight is 505 g/mol. The van der Waals surface area contributed by atoms with E-state index in [0.29, 0.717) is 12.2 Å². The van der Waals surface area contributed by atoms with Crippen molar-refractivity contribution in [2.45, 2.75) is 65.1 Å². The normalized spacial score (nSPS) is 12.6. The molecular weight excluding hydrogens is 467 g/mol. The Morgan fingerprint density at radius 1 is 0.892 bits per heavy atom. The van der Waals surface area contributed by atoms with Gasteiger partial charge in [-0.25, -0.2) is 4.39 Å². The lowest BCUT2D eigenvalue weighted by molar-refractivity contribution is -0.143. The van der Waals surface area contributed by atoms with Crippen LogP contribution in [0.4, 0.5) is 4.39 Å². The lowest BCUT2D eigenvalue weighted by Gasteiger charge is -2.32. The highest BCUT2D eigenvalue weighted by Crippen LogP contribution is 2.26. The summed E-state index contributed by atoms with van der Waals surface area (Å²) in [7, 11) is 0. The molecule has 196 valence electrons. The fraction of sp³-hybridized carbons (Fsp3) is 0.355. The Morgan fingerprint density at radius 3 is 2.19 bits per heavy atom. The molecule has 2 unspecified atom stereocenters. The van der Waals surface area contributed by atoms with Gasteiger partial charge in [0.15, 0.2) is 6.61 Å². The van der Waals surface area contributed by atoms with Crippen LogP contribution < -0.4 is 10.1 Å². The van der Waals surface area contributed by atoms with Crippen molar-refractivity contribution < 1.29 is 18.7 Å². The van der Waals surface area contributed by atoms with Gasteiger partial charge in [-0.3, -0.25) is 9.59 Å². The van der Waals surface area contributed by atoms with Crippen molar-refractivity contribution in [1.82, 2.24) is 10.2 Å². The van der Waals surface area contributed by atoms with Crippen LogP contribution in [0, 0.1) is 5.82 Å². The number of hydrogen-bond donors (Lipinski definition) is 1. The highest BCUT2D eigenvalue weighted by atomic mass is 19.1. The van der Waals surface area contributed by atoms with Crippen LogP contribution in [0.5, 0.6) is 5.75 Å². The minimum Gasteiger partial charge on any atom is -0.483 e.